The van der Waals surface area contributed by atoms with E-state index in [0.717, 1.165) is 22.5 Å². The predicted octanol–water partition coefficient (Wildman–Crippen LogP) is 6.84. The van der Waals surface area contributed by atoms with Gasteiger partial charge in [-0.3, -0.25) is 19.7 Å². The summed E-state index contributed by atoms with van der Waals surface area (Å²) >= 11 is 0. The number of aryl methyl sites for hydroxylation is 4. The maximum Gasteiger partial charge on any atom is 0.292 e. The number of pyridine rings is 1. The number of carbonyl (C=O) groups is 2. The van der Waals surface area contributed by atoms with Gasteiger partial charge < -0.3 is 38.1 Å². The first kappa shape index (κ1) is 43.4. The second-order valence-corrected chi connectivity index (χ2v) is 15.0. The summed E-state index contributed by atoms with van der Waals surface area (Å²) in [4.78, 5) is 49.3. The van der Waals surface area contributed by atoms with Crippen molar-refractivity contribution in [2.75, 3.05) is 62.2 Å². The smallest absolute Gasteiger partial charge is 0.292 e. The molecule has 0 N–H and O–H groups in total. The summed E-state index contributed by atoms with van der Waals surface area (Å²) < 4.78 is 22.3. The van der Waals surface area contributed by atoms with Crippen molar-refractivity contribution in [3.63, 3.8) is 0 Å². The average molecular weight is 854 g/mol. The predicted molar refractivity (Wildman–Crippen MR) is 232 cm³/mol. The zero-order valence-electron chi connectivity index (χ0n) is 35.5. The number of nitro benzene ring substituents is 1. The number of anilines is 2. The number of rotatable bonds is 11. The van der Waals surface area contributed by atoms with Crippen molar-refractivity contribution in [3.8, 4) is 17.6 Å². The maximum absolute atomic E-state index is 13.2. The minimum atomic E-state index is -0.376. The van der Waals surface area contributed by atoms with Crippen LogP contribution in [0.1, 0.15) is 60.3 Å². The van der Waals surface area contributed by atoms with E-state index in [2.05, 4.69) is 21.4 Å². The number of para-hydroxylation sites is 4. The van der Waals surface area contributed by atoms with Gasteiger partial charge in [0, 0.05) is 64.6 Å². The van der Waals surface area contributed by atoms with Gasteiger partial charge in [-0.25, -0.2) is 4.98 Å². The number of piperazine rings is 2. The molecule has 0 spiro atoms. The number of nitrogens with zero attached hydrogens (tertiary/aromatic N) is 9. The van der Waals surface area contributed by atoms with Gasteiger partial charge in [0.2, 0.25) is 0 Å². The summed E-state index contributed by atoms with van der Waals surface area (Å²) in [5.41, 5.74) is 5.50. The molecule has 3 aromatic heterocycles. The van der Waals surface area contributed by atoms with E-state index in [-0.39, 0.29) is 35.6 Å². The van der Waals surface area contributed by atoms with E-state index in [9.17, 15) is 25.0 Å². The normalized spacial score (nSPS) is 13.8. The highest BCUT2D eigenvalue weighted by atomic mass is 16.6. The molecule has 8 rings (SSSR count). The number of nitriles is 1. The molecule has 6 aromatic rings. The fourth-order valence-corrected chi connectivity index (χ4v) is 7.49. The highest BCUT2D eigenvalue weighted by Crippen LogP contribution is 2.30. The molecule has 5 heterocycles. The highest BCUT2D eigenvalue weighted by molar-refractivity contribution is 5.97. The zero-order chi connectivity index (χ0) is 44.5. The Morgan fingerprint density at radius 3 is 1.63 bits per heavy atom. The Bertz CT molecular complexity index is 2580. The van der Waals surface area contributed by atoms with E-state index in [1.807, 2.05) is 60.6 Å². The minimum Gasteiger partial charge on any atom is -0.488 e. The number of hydrogen-bond acceptors (Lipinski definition) is 14. The molecule has 0 radical (unpaired) electrons. The van der Waals surface area contributed by atoms with E-state index in [1.54, 1.807) is 71.8 Å². The van der Waals surface area contributed by atoms with Crippen LogP contribution in [0.2, 0.25) is 0 Å². The molecule has 2 saturated heterocycles. The van der Waals surface area contributed by atoms with Crippen LogP contribution in [0.25, 0.3) is 0 Å². The van der Waals surface area contributed by atoms with Crippen LogP contribution < -0.4 is 19.3 Å². The summed E-state index contributed by atoms with van der Waals surface area (Å²) in [7, 11) is 0. The van der Waals surface area contributed by atoms with Crippen LogP contribution in [0.5, 0.6) is 11.5 Å². The van der Waals surface area contributed by atoms with Crippen molar-refractivity contribution in [1.29, 1.82) is 5.26 Å². The fourth-order valence-electron chi connectivity index (χ4n) is 7.49. The number of hydrogen-bond donors (Lipinski definition) is 0. The van der Waals surface area contributed by atoms with Gasteiger partial charge in [0.05, 0.1) is 44.1 Å². The van der Waals surface area contributed by atoms with Crippen molar-refractivity contribution < 1.29 is 33.0 Å². The molecule has 2 fully saturated rings. The third-order valence-electron chi connectivity index (χ3n) is 11.1. The van der Waals surface area contributed by atoms with Crippen LogP contribution >= 0.6 is 0 Å². The first-order valence-corrected chi connectivity index (χ1v) is 20.5. The van der Waals surface area contributed by atoms with Crippen LogP contribution in [0, 0.1) is 49.1 Å². The van der Waals surface area contributed by atoms with Gasteiger partial charge in [0.25, 0.3) is 17.5 Å². The number of amides is 2. The molecule has 2 aliphatic rings. The van der Waals surface area contributed by atoms with E-state index < -0.39 is 0 Å². The zero-order valence-corrected chi connectivity index (χ0v) is 35.5. The van der Waals surface area contributed by atoms with Crippen molar-refractivity contribution >= 4 is 29.0 Å². The SMILES string of the molecule is Cc1noc(C)c1COc1ccccc1C(=O)N1CCN(c2ccccc2[N+](=O)[O-])CC1.Cc1noc(C)c1COc1ccccc1C(=O)N1CCN(c2ncccc2C#N)CC1. The molecule has 17 heteroatoms. The van der Waals surface area contributed by atoms with Crippen molar-refractivity contribution in [1.82, 2.24) is 25.1 Å². The molecule has 0 unspecified atom stereocenters. The Hall–Kier alpha value is -7.74. The number of aromatic nitrogens is 3. The Kier molecular flexibility index (Phi) is 13.6. The molecule has 63 heavy (non-hydrogen) atoms. The van der Waals surface area contributed by atoms with Crippen LogP contribution in [0.15, 0.2) is 100 Å². The molecule has 3 aromatic carbocycles. The summed E-state index contributed by atoms with van der Waals surface area (Å²) in [6, 6.07) is 26.8. The molecule has 2 aliphatic heterocycles. The van der Waals surface area contributed by atoms with Crippen molar-refractivity contribution in [2.24, 2.45) is 0 Å². The molecule has 0 atom stereocenters. The lowest BCUT2D eigenvalue weighted by Gasteiger charge is -2.36. The van der Waals surface area contributed by atoms with E-state index in [0.29, 0.717) is 104 Å². The van der Waals surface area contributed by atoms with E-state index >= 15 is 0 Å². The maximum atomic E-state index is 13.2. The van der Waals surface area contributed by atoms with E-state index in [4.69, 9.17) is 18.5 Å². The van der Waals surface area contributed by atoms with Gasteiger partial charge >= 0.3 is 0 Å². The summed E-state index contributed by atoms with van der Waals surface area (Å²) in [5.74, 6) is 2.91. The summed E-state index contributed by atoms with van der Waals surface area (Å²) in [6.45, 7) is 12.2. The first-order valence-electron chi connectivity index (χ1n) is 20.5. The standard InChI is InChI=1S/C23H23N5O3.C23H24N4O5/c1-16-20(17(2)31-26-16)15-30-21-8-4-3-7-19(21)23(29)28-12-10-27(11-13-28)22-18(14-24)6-5-9-25-22;1-16-19(17(2)32-24-16)15-31-22-10-6-3-7-18(22)23(28)26-13-11-25(12-14-26)20-8-4-5-9-21(20)27(29)30/h3-9H,10-13,15H2,1-2H3;3-10H,11-15H2,1-2H3. The third kappa shape index (κ3) is 9.91. The number of carbonyl (C=O) groups excluding carboxylic acids is 2. The Morgan fingerprint density at radius 1 is 0.683 bits per heavy atom. The van der Waals surface area contributed by atoms with Crippen molar-refractivity contribution in [3.05, 3.63) is 152 Å². The van der Waals surface area contributed by atoms with Gasteiger partial charge in [0.15, 0.2) is 0 Å². The van der Waals surface area contributed by atoms with Crippen LogP contribution in [0.4, 0.5) is 17.2 Å². The molecular formula is C46H47N9O8. The van der Waals surface area contributed by atoms with Crippen LogP contribution in [0.3, 0.4) is 0 Å². The third-order valence-corrected chi connectivity index (χ3v) is 11.1. The lowest BCUT2D eigenvalue weighted by atomic mass is 10.1. The topological polar surface area (TPSA) is 197 Å². The Morgan fingerprint density at radius 2 is 1.16 bits per heavy atom. The molecule has 17 nitrogen and oxygen atoms in total. The van der Waals surface area contributed by atoms with Gasteiger partial charge in [-0.15, -0.1) is 0 Å². The highest BCUT2D eigenvalue weighted by Gasteiger charge is 2.29. The number of ether oxygens (including phenoxy) is 2. The van der Waals surface area contributed by atoms with Crippen LogP contribution in [-0.2, 0) is 13.2 Å². The monoisotopic (exact) mass is 853 g/mol. The quantitative estimate of drug-likeness (QED) is 0.0970. The van der Waals surface area contributed by atoms with E-state index in [1.165, 1.54) is 6.07 Å². The molecular weight excluding hydrogens is 807 g/mol. The number of benzene rings is 3. The Labute approximate surface area is 364 Å². The summed E-state index contributed by atoms with van der Waals surface area (Å²) in [6.07, 6.45) is 1.68. The van der Waals surface area contributed by atoms with Gasteiger partial charge in [-0.05, 0) is 70.2 Å². The van der Waals surface area contributed by atoms with Gasteiger partial charge in [-0.2, -0.15) is 5.26 Å². The minimum absolute atomic E-state index is 0.0736. The second kappa shape index (κ2) is 19.8. The van der Waals surface area contributed by atoms with Gasteiger partial charge in [-0.1, -0.05) is 46.7 Å². The van der Waals surface area contributed by atoms with Crippen LogP contribution in [-0.4, -0.2) is 94.2 Å². The molecule has 0 aliphatic carbocycles. The molecule has 0 saturated carbocycles. The Balaban J connectivity index is 0.000000189. The molecule has 324 valence electrons. The largest absolute Gasteiger partial charge is 0.488 e. The lowest BCUT2D eigenvalue weighted by molar-refractivity contribution is -0.384. The van der Waals surface area contributed by atoms with Crippen molar-refractivity contribution in [2.45, 2.75) is 40.9 Å². The number of nitro groups is 1. The molecule has 2 amide bonds. The fraction of sp³-hybridized carbons (Fsp3) is 0.304. The lowest BCUT2D eigenvalue weighted by Crippen LogP contribution is -2.49. The molecule has 0 bridgehead atoms. The first-order chi connectivity index (χ1) is 30.5. The summed E-state index contributed by atoms with van der Waals surface area (Å²) in [5, 5.41) is 28.5. The second-order valence-electron chi connectivity index (χ2n) is 15.0. The average Bonchev–Trinajstić information content (AvgIpc) is 3.83. The van der Waals surface area contributed by atoms with Gasteiger partial charge in [0.1, 0.15) is 53.8 Å².